The standard InChI is InChI=1S/C11H7FN2O2.C11H16N2O3S/c12-9-3-1-2-7(4-9)10-13-5-8(6-14-10)11(15)16;12-9-10-2-1-3-11(8-10)17(14,15)13-4-6-16-7-5-13/h1-6H,(H,15,16);1-3,8H,4-7,9,12H2. The molecule has 174 valence electrons. The highest BCUT2D eigenvalue weighted by Crippen LogP contribution is 2.18. The number of aromatic carboxylic acids is 1. The highest BCUT2D eigenvalue weighted by molar-refractivity contribution is 7.89. The van der Waals surface area contributed by atoms with Gasteiger partial charge in [-0.3, -0.25) is 0 Å². The molecule has 1 aliphatic rings. The van der Waals surface area contributed by atoms with Gasteiger partial charge in [0, 0.05) is 37.6 Å². The zero-order valence-electron chi connectivity index (χ0n) is 17.6. The highest BCUT2D eigenvalue weighted by Gasteiger charge is 2.26. The summed E-state index contributed by atoms with van der Waals surface area (Å²) in [7, 11) is -3.40. The summed E-state index contributed by atoms with van der Waals surface area (Å²) >= 11 is 0. The van der Waals surface area contributed by atoms with Crippen molar-refractivity contribution in [3.8, 4) is 11.4 Å². The Bertz CT molecular complexity index is 1200. The van der Waals surface area contributed by atoms with E-state index in [-0.39, 0.29) is 11.4 Å². The van der Waals surface area contributed by atoms with Crippen LogP contribution in [0, 0.1) is 5.82 Å². The van der Waals surface area contributed by atoms with Gasteiger partial charge in [0.15, 0.2) is 5.82 Å². The summed E-state index contributed by atoms with van der Waals surface area (Å²) in [4.78, 5) is 18.6. The van der Waals surface area contributed by atoms with Gasteiger partial charge in [0.25, 0.3) is 0 Å². The minimum atomic E-state index is -3.40. The molecule has 0 aliphatic carbocycles. The van der Waals surface area contributed by atoms with Crippen molar-refractivity contribution in [2.75, 3.05) is 26.3 Å². The lowest BCUT2D eigenvalue weighted by Gasteiger charge is -2.26. The first-order valence-corrected chi connectivity index (χ1v) is 11.4. The number of carbonyl (C=O) groups is 1. The number of hydrogen-bond donors (Lipinski definition) is 2. The summed E-state index contributed by atoms with van der Waals surface area (Å²) < 4.78 is 44.1. The molecule has 0 atom stereocenters. The normalized spacial score (nSPS) is 14.2. The monoisotopic (exact) mass is 474 g/mol. The lowest BCUT2D eigenvalue weighted by atomic mass is 10.2. The molecule has 1 aromatic heterocycles. The third-order valence-corrected chi connectivity index (χ3v) is 6.62. The van der Waals surface area contributed by atoms with E-state index in [1.807, 2.05) is 6.07 Å². The number of carboxylic acid groups (broad SMARTS) is 1. The minimum absolute atomic E-state index is 0.000142. The fourth-order valence-electron chi connectivity index (χ4n) is 2.98. The number of hydrogen-bond acceptors (Lipinski definition) is 7. The maximum Gasteiger partial charge on any atom is 0.338 e. The zero-order valence-corrected chi connectivity index (χ0v) is 18.4. The number of ether oxygens (including phenoxy) is 1. The molecule has 3 N–H and O–H groups in total. The predicted octanol–water partition coefficient (Wildman–Crippen LogP) is 2.15. The quantitative estimate of drug-likeness (QED) is 0.574. The Balaban J connectivity index is 0.000000186. The largest absolute Gasteiger partial charge is 0.478 e. The lowest BCUT2D eigenvalue weighted by Crippen LogP contribution is -2.40. The third-order valence-electron chi connectivity index (χ3n) is 4.72. The van der Waals surface area contributed by atoms with Crippen molar-refractivity contribution in [2.45, 2.75) is 11.4 Å². The molecule has 0 saturated carbocycles. The van der Waals surface area contributed by atoms with E-state index >= 15 is 0 Å². The number of benzene rings is 2. The number of halogens is 1. The maximum absolute atomic E-state index is 12.9. The molecule has 1 saturated heterocycles. The molecule has 0 amide bonds. The van der Waals surface area contributed by atoms with E-state index in [1.54, 1.807) is 30.3 Å². The first kappa shape index (κ1) is 24.4. The number of sulfonamides is 1. The Morgan fingerprint density at radius 1 is 1.09 bits per heavy atom. The summed E-state index contributed by atoms with van der Waals surface area (Å²) in [5.41, 5.74) is 6.84. The highest BCUT2D eigenvalue weighted by atomic mass is 32.2. The van der Waals surface area contributed by atoms with Crippen LogP contribution < -0.4 is 5.73 Å². The summed E-state index contributed by atoms with van der Waals surface area (Å²) in [6.45, 7) is 2.07. The molecule has 0 radical (unpaired) electrons. The van der Waals surface area contributed by atoms with Gasteiger partial charge < -0.3 is 15.6 Å². The van der Waals surface area contributed by atoms with Crippen LogP contribution in [0.2, 0.25) is 0 Å². The molecular weight excluding hydrogens is 451 g/mol. The van der Waals surface area contributed by atoms with Gasteiger partial charge in [-0.15, -0.1) is 0 Å². The van der Waals surface area contributed by atoms with Gasteiger partial charge >= 0.3 is 5.97 Å². The number of carboxylic acids is 1. The number of rotatable bonds is 5. The van der Waals surface area contributed by atoms with Crippen molar-refractivity contribution in [3.63, 3.8) is 0 Å². The topological polar surface area (TPSA) is 136 Å². The second-order valence-electron chi connectivity index (χ2n) is 6.98. The molecule has 3 aromatic rings. The molecule has 11 heteroatoms. The zero-order chi connectivity index (χ0) is 23.8. The van der Waals surface area contributed by atoms with Crippen molar-refractivity contribution in [1.29, 1.82) is 0 Å². The SMILES string of the molecule is NCc1cccc(S(=O)(=O)N2CCOCC2)c1.O=C(O)c1cnc(-c2cccc(F)c2)nc1. The van der Waals surface area contributed by atoms with E-state index in [0.29, 0.717) is 49.1 Å². The Kier molecular flexibility index (Phi) is 8.17. The Morgan fingerprint density at radius 2 is 1.76 bits per heavy atom. The number of morpholine rings is 1. The van der Waals surface area contributed by atoms with Crippen LogP contribution in [0.1, 0.15) is 15.9 Å². The number of aromatic nitrogens is 2. The fraction of sp³-hybridized carbons (Fsp3) is 0.227. The van der Waals surface area contributed by atoms with Gasteiger partial charge in [-0.05, 0) is 29.8 Å². The van der Waals surface area contributed by atoms with Crippen LogP contribution in [-0.4, -0.2) is 60.1 Å². The molecule has 2 aromatic carbocycles. The Labute approximate surface area is 190 Å². The van der Waals surface area contributed by atoms with Crippen molar-refractivity contribution in [1.82, 2.24) is 14.3 Å². The van der Waals surface area contributed by atoms with Gasteiger partial charge in [0.1, 0.15) is 5.82 Å². The average Bonchev–Trinajstić information content (AvgIpc) is 2.85. The minimum Gasteiger partial charge on any atom is -0.478 e. The predicted molar refractivity (Wildman–Crippen MR) is 118 cm³/mol. The first-order chi connectivity index (χ1) is 15.8. The summed E-state index contributed by atoms with van der Waals surface area (Å²) in [6.07, 6.45) is 2.38. The molecule has 1 fully saturated rings. The van der Waals surface area contributed by atoms with Crippen LogP contribution in [0.15, 0.2) is 65.8 Å². The van der Waals surface area contributed by atoms with E-state index in [4.69, 9.17) is 15.6 Å². The molecular formula is C22H23FN4O5S. The van der Waals surface area contributed by atoms with Crippen molar-refractivity contribution in [3.05, 3.63) is 77.9 Å². The molecule has 33 heavy (non-hydrogen) atoms. The van der Waals surface area contributed by atoms with E-state index in [0.717, 1.165) is 5.56 Å². The van der Waals surface area contributed by atoms with Crippen LogP contribution in [0.25, 0.3) is 11.4 Å². The van der Waals surface area contributed by atoms with Crippen LogP contribution in [-0.2, 0) is 21.3 Å². The molecule has 2 heterocycles. The second kappa shape index (κ2) is 11.1. The maximum atomic E-state index is 12.9. The molecule has 1 aliphatic heterocycles. The average molecular weight is 475 g/mol. The van der Waals surface area contributed by atoms with Crippen LogP contribution in [0.5, 0.6) is 0 Å². The van der Waals surface area contributed by atoms with Crippen LogP contribution in [0.4, 0.5) is 4.39 Å². The number of nitrogens with zero attached hydrogens (tertiary/aromatic N) is 3. The molecule has 0 unspecified atom stereocenters. The van der Waals surface area contributed by atoms with Gasteiger partial charge in [-0.2, -0.15) is 4.31 Å². The summed E-state index contributed by atoms with van der Waals surface area (Å²) in [5.74, 6) is -1.18. The molecule has 0 bridgehead atoms. The fourth-order valence-corrected chi connectivity index (χ4v) is 4.46. The number of nitrogens with two attached hydrogens (primary N) is 1. The smallest absolute Gasteiger partial charge is 0.338 e. The Hall–Kier alpha value is -3.25. The van der Waals surface area contributed by atoms with E-state index in [1.165, 1.54) is 28.8 Å². The summed E-state index contributed by atoms with van der Waals surface area (Å²) in [6, 6.07) is 12.6. The van der Waals surface area contributed by atoms with Crippen LogP contribution in [0.3, 0.4) is 0 Å². The van der Waals surface area contributed by atoms with Gasteiger partial charge in [0.05, 0.1) is 23.7 Å². The van der Waals surface area contributed by atoms with Crippen LogP contribution >= 0.6 is 0 Å². The van der Waals surface area contributed by atoms with Gasteiger partial charge in [-0.25, -0.2) is 27.6 Å². The lowest BCUT2D eigenvalue weighted by molar-refractivity contribution is 0.0696. The molecule has 0 spiro atoms. The van der Waals surface area contributed by atoms with E-state index in [2.05, 4.69) is 9.97 Å². The summed E-state index contributed by atoms with van der Waals surface area (Å²) in [5, 5.41) is 8.65. The second-order valence-corrected chi connectivity index (χ2v) is 8.92. The third kappa shape index (κ3) is 6.39. The van der Waals surface area contributed by atoms with Crippen molar-refractivity contribution in [2.24, 2.45) is 5.73 Å². The molecule has 4 rings (SSSR count). The van der Waals surface area contributed by atoms with Crippen molar-refractivity contribution >= 4 is 16.0 Å². The first-order valence-electron chi connectivity index (χ1n) is 9.99. The Morgan fingerprint density at radius 3 is 2.36 bits per heavy atom. The van der Waals surface area contributed by atoms with Crippen molar-refractivity contribution < 1.29 is 27.4 Å². The van der Waals surface area contributed by atoms with Gasteiger partial charge in [-0.1, -0.05) is 24.3 Å². The van der Waals surface area contributed by atoms with Gasteiger partial charge in [0.2, 0.25) is 10.0 Å². The van der Waals surface area contributed by atoms with E-state index in [9.17, 15) is 17.6 Å². The van der Waals surface area contributed by atoms with E-state index < -0.39 is 16.0 Å². The molecule has 9 nitrogen and oxygen atoms in total.